The second-order valence-electron chi connectivity index (χ2n) is 6.62. The van der Waals surface area contributed by atoms with Crippen LogP contribution in [-0.2, 0) is 4.79 Å². The van der Waals surface area contributed by atoms with Gasteiger partial charge in [0, 0.05) is 10.5 Å². The lowest BCUT2D eigenvalue weighted by Gasteiger charge is -2.46. The third-order valence-electron chi connectivity index (χ3n) is 4.88. The Morgan fingerprint density at radius 1 is 0.923 bits per heavy atom. The Bertz CT molecular complexity index is 1000. The van der Waals surface area contributed by atoms with Crippen LogP contribution < -0.4 is 9.64 Å². The Kier molecular flexibility index (Phi) is 3.54. The molecule has 2 aliphatic rings. The summed E-state index contributed by atoms with van der Waals surface area (Å²) in [6, 6.07) is 24.1. The number of carbonyl (C=O) groups excluding carboxylic acids is 1. The van der Waals surface area contributed by atoms with Gasteiger partial charge in [-0.15, -0.1) is 11.8 Å². The normalized spacial score (nSPS) is 20.2. The van der Waals surface area contributed by atoms with Crippen LogP contribution in [0.2, 0.25) is 0 Å². The molecule has 3 aromatic rings. The first-order chi connectivity index (χ1) is 12.7. The number of rotatable bonds is 2. The average molecular weight is 359 g/mol. The van der Waals surface area contributed by atoms with Crippen molar-refractivity contribution < 1.29 is 9.53 Å². The molecule has 128 valence electrons. The van der Waals surface area contributed by atoms with Crippen molar-refractivity contribution in [1.29, 1.82) is 0 Å². The Morgan fingerprint density at radius 3 is 2.54 bits per heavy atom. The highest BCUT2D eigenvalue weighted by atomic mass is 32.2. The van der Waals surface area contributed by atoms with Crippen LogP contribution in [-0.4, -0.2) is 11.2 Å². The predicted octanol–water partition coefficient (Wildman–Crippen LogP) is 5.35. The zero-order valence-electron chi connectivity index (χ0n) is 14.3. The molecule has 2 aliphatic heterocycles. The second kappa shape index (κ2) is 5.92. The lowest BCUT2D eigenvalue weighted by atomic mass is 9.91. The third-order valence-corrected chi connectivity index (χ3v) is 6.14. The molecule has 2 atom stereocenters. The lowest BCUT2D eigenvalue weighted by molar-refractivity contribution is -0.123. The second-order valence-corrected chi connectivity index (χ2v) is 7.83. The molecule has 0 aliphatic carbocycles. The number of nitrogens with zero attached hydrogens (tertiary/aromatic N) is 1. The summed E-state index contributed by atoms with van der Waals surface area (Å²) in [7, 11) is 0. The Labute approximate surface area is 156 Å². The molecule has 0 N–H and O–H groups in total. The molecule has 1 saturated heterocycles. The van der Waals surface area contributed by atoms with E-state index in [4.69, 9.17) is 4.74 Å². The van der Waals surface area contributed by atoms with Crippen LogP contribution in [0.5, 0.6) is 11.5 Å². The zero-order valence-corrected chi connectivity index (χ0v) is 15.1. The highest BCUT2D eigenvalue weighted by Gasteiger charge is 2.52. The highest BCUT2D eigenvalue weighted by molar-refractivity contribution is 8.00. The molecule has 4 heteroatoms. The number of benzene rings is 3. The molecule has 26 heavy (non-hydrogen) atoms. The Hall–Kier alpha value is -2.72. The fourth-order valence-electron chi connectivity index (χ4n) is 3.65. The molecule has 3 nitrogen and oxygen atoms in total. The van der Waals surface area contributed by atoms with Gasteiger partial charge in [-0.2, -0.15) is 0 Å². The van der Waals surface area contributed by atoms with Crippen LogP contribution in [0.15, 0.2) is 77.7 Å². The summed E-state index contributed by atoms with van der Waals surface area (Å²) in [5, 5.41) is -0.146. The minimum Gasteiger partial charge on any atom is -0.455 e. The number of carbonyl (C=O) groups is 1. The van der Waals surface area contributed by atoms with Crippen molar-refractivity contribution in [2.75, 3.05) is 4.90 Å². The summed E-state index contributed by atoms with van der Waals surface area (Å²) in [5.41, 5.74) is 3.09. The molecule has 0 saturated carbocycles. The van der Waals surface area contributed by atoms with E-state index >= 15 is 0 Å². The van der Waals surface area contributed by atoms with Crippen molar-refractivity contribution in [3.8, 4) is 11.5 Å². The van der Waals surface area contributed by atoms with Gasteiger partial charge in [-0.1, -0.05) is 48.0 Å². The number of para-hydroxylation sites is 2. The van der Waals surface area contributed by atoms with Crippen molar-refractivity contribution in [3.05, 3.63) is 83.9 Å². The molecule has 2 heterocycles. The van der Waals surface area contributed by atoms with E-state index in [1.54, 1.807) is 11.8 Å². The monoisotopic (exact) mass is 359 g/mol. The van der Waals surface area contributed by atoms with E-state index in [-0.39, 0.29) is 17.2 Å². The van der Waals surface area contributed by atoms with Gasteiger partial charge in [0.15, 0.2) is 5.75 Å². The van der Waals surface area contributed by atoms with Gasteiger partial charge in [0.05, 0.1) is 11.7 Å². The van der Waals surface area contributed by atoms with E-state index < -0.39 is 0 Å². The van der Waals surface area contributed by atoms with Gasteiger partial charge in [0.25, 0.3) is 0 Å². The van der Waals surface area contributed by atoms with Gasteiger partial charge in [-0.05, 0) is 37.3 Å². The number of ether oxygens (including phenoxy) is 1. The summed E-state index contributed by atoms with van der Waals surface area (Å²) >= 11 is 1.63. The maximum atomic E-state index is 13.1. The molecule has 0 unspecified atom stereocenters. The first-order valence-corrected chi connectivity index (χ1v) is 9.52. The van der Waals surface area contributed by atoms with Crippen molar-refractivity contribution in [1.82, 2.24) is 0 Å². The van der Waals surface area contributed by atoms with Gasteiger partial charge >= 0.3 is 0 Å². The zero-order chi connectivity index (χ0) is 17.7. The molecular weight excluding hydrogens is 342 g/mol. The molecule has 0 radical (unpaired) electrons. The Balaban J connectivity index is 1.63. The minimum atomic E-state index is -0.146. The molecule has 0 bridgehead atoms. The van der Waals surface area contributed by atoms with Crippen molar-refractivity contribution in [3.63, 3.8) is 0 Å². The number of hydrogen-bond acceptors (Lipinski definition) is 3. The van der Waals surface area contributed by atoms with Gasteiger partial charge in [-0.3, -0.25) is 9.69 Å². The van der Waals surface area contributed by atoms with Crippen molar-refractivity contribution in [2.45, 2.75) is 23.1 Å². The topological polar surface area (TPSA) is 29.5 Å². The SMILES string of the molecule is Cc1ccc2c(c1)[C@H]1[C@H](Sc3ccccc3)C(=O)N1c1ccccc1O2. The average Bonchev–Trinajstić information content (AvgIpc) is 2.79. The van der Waals surface area contributed by atoms with Gasteiger partial charge in [0.2, 0.25) is 5.91 Å². The summed E-state index contributed by atoms with van der Waals surface area (Å²) in [4.78, 5) is 16.1. The number of anilines is 1. The number of β-lactam (4-membered cyclic amide) rings is 1. The number of amides is 1. The smallest absolute Gasteiger partial charge is 0.243 e. The third kappa shape index (κ3) is 2.33. The van der Waals surface area contributed by atoms with E-state index in [9.17, 15) is 4.79 Å². The molecule has 1 fully saturated rings. The molecule has 3 aromatic carbocycles. The summed E-state index contributed by atoms with van der Waals surface area (Å²) < 4.78 is 6.18. The Morgan fingerprint density at radius 2 is 1.69 bits per heavy atom. The standard InChI is InChI=1S/C22H17NO2S/c1-14-11-12-18-16(13-14)20-21(26-15-7-3-2-4-8-15)22(24)23(20)17-9-5-6-10-19(17)25-18/h2-13,20-21H,1H3/t20-,21-/m0/s1. The van der Waals surface area contributed by atoms with Crippen LogP contribution in [0, 0.1) is 6.92 Å². The van der Waals surface area contributed by atoms with Crippen LogP contribution in [0.25, 0.3) is 0 Å². The largest absolute Gasteiger partial charge is 0.455 e. The summed E-state index contributed by atoms with van der Waals surface area (Å²) in [6.45, 7) is 2.07. The first-order valence-electron chi connectivity index (χ1n) is 8.64. The van der Waals surface area contributed by atoms with E-state index in [0.29, 0.717) is 0 Å². The number of fused-ring (bicyclic) bond motifs is 5. The van der Waals surface area contributed by atoms with E-state index in [1.807, 2.05) is 53.4 Å². The number of hydrogen-bond donors (Lipinski definition) is 0. The summed E-state index contributed by atoms with van der Waals surface area (Å²) in [6.07, 6.45) is 0. The van der Waals surface area contributed by atoms with E-state index in [0.717, 1.165) is 27.6 Å². The van der Waals surface area contributed by atoms with Crippen molar-refractivity contribution in [2.24, 2.45) is 0 Å². The number of aryl methyl sites for hydroxylation is 1. The van der Waals surface area contributed by atoms with Crippen LogP contribution >= 0.6 is 11.8 Å². The van der Waals surface area contributed by atoms with Crippen LogP contribution in [0.1, 0.15) is 17.2 Å². The summed E-state index contributed by atoms with van der Waals surface area (Å²) in [5.74, 6) is 1.70. The van der Waals surface area contributed by atoms with E-state index in [1.165, 1.54) is 5.56 Å². The molecule has 1 amide bonds. The fraction of sp³-hybridized carbons (Fsp3) is 0.136. The predicted molar refractivity (Wildman–Crippen MR) is 104 cm³/mol. The van der Waals surface area contributed by atoms with Crippen molar-refractivity contribution >= 4 is 23.4 Å². The van der Waals surface area contributed by atoms with E-state index in [2.05, 4.69) is 31.2 Å². The number of thioether (sulfide) groups is 1. The first kappa shape index (κ1) is 15.5. The van der Waals surface area contributed by atoms with Gasteiger partial charge in [0.1, 0.15) is 11.0 Å². The maximum Gasteiger partial charge on any atom is 0.243 e. The van der Waals surface area contributed by atoms with Crippen LogP contribution in [0.4, 0.5) is 5.69 Å². The van der Waals surface area contributed by atoms with Crippen LogP contribution in [0.3, 0.4) is 0 Å². The highest BCUT2D eigenvalue weighted by Crippen LogP contribution is 2.54. The molecule has 0 aromatic heterocycles. The van der Waals surface area contributed by atoms with Gasteiger partial charge in [-0.25, -0.2) is 0 Å². The molecule has 5 rings (SSSR count). The minimum absolute atomic E-state index is 0.0220. The van der Waals surface area contributed by atoms with Gasteiger partial charge < -0.3 is 4.74 Å². The molecule has 0 spiro atoms. The maximum absolute atomic E-state index is 13.1. The lowest BCUT2D eigenvalue weighted by Crippen LogP contribution is -2.57. The fourth-order valence-corrected chi connectivity index (χ4v) is 4.87. The quantitative estimate of drug-likeness (QED) is 0.578. The molecular formula is C22H17NO2S.